The molecule has 4 atom stereocenters. The van der Waals surface area contributed by atoms with Crippen LogP contribution >= 0.6 is 0 Å². The van der Waals surface area contributed by atoms with Crippen LogP contribution in [-0.2, 0) is 14.4 Å². The molecule has 31 heavy (non-hydrogen) atoms. The molecule has 0 aromatic heterocycles. The van der Waals surface area contributed by atoms with Crippen molar-refractivity contribution in [2.45, 2.75) is 63.2 Å². The largest absolute Gasteiger partial charge is 0.493 e. The summed E-state index contributed by atoms with van der Waals surface area (Å²) in [6.07, 6.45) is 3.82. The Kier molecular flexibility index (Phi) is 4.92. The fraction of sp³-hybridized carbons (Fsp3) is 0.609. The van der Waals surface area contributed by atoms with Crippen molar-refractivity contribution in [3.8, 4) is 5.75 Å². The van der Waals surface area contributed by atoms with Crippen LogP contribution in [0.2, 0.25) is 0 Å². The molecule has 8 nitrogen and oxygen atoms in total. The molecular weight excluding hydrogens is 396 g/mol. The Morgan fingerprint density at radius 3 is 2.71 bits per heavy atom. The van der Waals surface area contributed by atoms with E-state index in [0.717, 1.165) is 30.6 Å². The van der Waals surface area contributed by atoms with Gasteiger partial charge in [0.05, 0.1) is 18.7 Å². The number of rotatable bonds is 2. The average Bonchev–Trinajstić information content (AvgIpc) is 3.12. The summed E-state index contributed by atoms with van der Waals surface area (Å²) >= 11 is 0. The Balaban J connectivity index is 1.31. The molecule has 4 aliphatic heterocycles. The predicted octanol–water partition coefficient (Wildman–Crippen LogP) is 0.956. The molecule has 1 aromatic rings. The maximum Gasteiger partial charge on any atom is 0.243 e. The second-order valence-corrected chi connectivity index (χ2v) is 9.48. The van der Waals surface area contributed by atoms with E-state index in [1.807, 2.05) is 24.3 Å². The number of carbonyl (C=O) groups excluding carboxylic acids is 3. The Labute approximate surface area is 182 Å². The van der Waals surface area contributed by atoms with Crippen LogP contribution in [-0.4, -0.2) is 65.3 Å². The van der Waals surface area contributed by atoms with Crippen molar-refractivity contribution in [3.63, 3.8) is 0 Å². The minimum absolute atomic E-state index is 0.0176. The van der Waals surface area contributed by atoms with Gasteiger partial charge in [0.25, 0.3) is 0 Å². The molecule has 3 fully saturated rings. The summed E-state index contributed by atoms with van der Waals surface area (Å²) in [5, 5.41) is 3.17. The van der Waals surface area contributed by atoms with Crippen LogP contribution in [0.5, 0.6) is 5.75 Å². The number of carbonyl (C=O) groups is 3. The third-order valence-corrected chi connectivity index (χ3v) is 7.69. The summed E-state index contributed by atoms with van der Waals surface area (Å²) in [5.41, 5.74) is 7.10. The fourth-order valence-electron chi connectivity index (χ4n) is 5.84. The molecule has 1 spiro atoms. The standard InChI is InChI=1S/C23H30N4O4/c1-14(28)26-12-23(13-26)10-8-15-6-7-18(27(15)22(30)20(23)24)21(29)25-17-9-11-31-19-5-3-2-4-16(17)19/h2-5,15,17-18,20H,6-13,24H2,1H3,(H,25,29)/t15-,17?,18+,20-/m1/s1. The normalized spacial score (nSPS) is 31.2. The lowest BCUT2D eigenvalue weighted by atomic mass is 9.70. The summed E-state index contributed by atoms with van der Waals surface area (Å²) in [7, 11) is 0. The van der Waals surface area contributed by atoms with Gasteiger partial charge in [-0.3, -0.25) is 14.4 Å². The van der Waals surface area contributed by atoms with Gasteiger partial charge in [0.2, 0.25) is 17.7 Å². The van der Waals surface area contributed by atoms with Crippen LogP contribution in [0.25, 0.3) is 0 Å². The van der Waals surface area contributed by atoms with E-state index in [9.17, 15) is 14.4 Å². The second kappa shape index (κ2) is 7.51. The third-order valence-electron chi connectivity index (χ3n) is 7.69. The van der Waals surface area contributed by atoms with Crippen molar-refractivity contribution < 1.29 is 19.1 Å². The highest BCUT2D eigenvalue weighted by atomic mass is 16.5. The molecule has 4 aliphatic rings. The molecule has 0 bridgehead atoms. The van der Waals surface area contributed by atoms with Crippen molar-refractivity contribution in [2.24, 2.45) is 11.1 Å². The summed E-state index contributed by atoms with van der Waals surface area (Å²) in [5.74, 6) is 0.567. The Morgan fingerprint density at radius 2 is 1.94 bits per heavy atom. The molecule has 5 rings (SSSR count). The van der Waals surface area contributed by atoms with Gasteiger partial charge in [0.15, 0.2) is 0 Å². The van der Waals surface area contributed by atoms with Crippen molar-refractivity contribution in [3.05, 3.63) is 29.8 Å². The van der Waals surface area contributed by atoms with E-state index >= 15 is 0 Å². The molecule has 0 aliphatic carbocycles. The fourth-order valence-corrected chi connectivity index (χ4v) is 5.84. The quantitative estimate of drug-likeness (QED) is 0.733. The second-order valence-electron chi connectivity index (χ2n) is 9.48. The topological polar surface area (TPSA) is 105 Å². The molecule has 4 heterocycles. The highest BCUT2D eigenvalue weighted by Crippen LogP contribution is 2.44. The van der Waals surface area contributed by atoms with Gasteiger partial charge in [0, 0.05) is 43.5 Å². The number of ether oxygens (including phenoxy) is 1. The number of fused-ring (bicyclic) bond motifs is 2. The first-order valence-electron chi connectivity index (χ1n) is 11.2. The summed E-state index contributed by atoms with van der Waals surface area (Å²) < 4.78 is 5.70. The van der Waals surface area contributed by atoms with Gasteiger partial charge in [-0.15, -0.1) is 0 Å². The van der Waals surface area contributed by atoms with Gasteiger partial charge < -0.3 is 25.6 Å². The number of benzene rings is 1. The number of hydrogen-bond acceptors (Lipinski definition) is 5. The van der Waals surface area contributed by atoms with E-state index in [2.05, 4.69) is 5.32 Å². The van der Waals surface area contributed by atoms with Gasteiger partial charge >= 0.3 is 0 Å². The third kappa shape index (κ3) is 3.28. The average molecular weight is 427 g/mol. The zero-order valence-corrected chi connectivity index (χ0v) is 17.9. The van der Waals surface area contributed by atoms with E-state index in [4.69, 9.17) is 10.5 Å². The molecule has 3 saturated heterocycles. The molecule has 0 saturated carbocycles. The highest BCUT2D eigenvalue weighted by Gasteiger charge is 2.56. The number of nitrogens with one attached hydrogen (secondary N) is 1. The van der Waals surface area contributed by atoms with Crippen molar-refractivity contribution in [1.29, 1.82) is 0 Å². The van der Waals surface area contributed by atoms with Gasteiger partial charge in [-0.2, -0.15) is 0 Å². The molecule has 0 radical (unpaired) electrons. The van der Waals surface area contributed by atoms with E-state index in [1.54, 1.807) is 16.7 Å². The van der Waals surface area contributed by atoms with E-state index in [0.29, 0.717) is 32.5 Å². The number of nitrogens with two attached hydrogens (primary N) is 1. The molecule has 166 valence electrons. The zero-order valence-electron chi connectivity index (χ0n) is 17.9. The van der Waals surface area contributed by atoms with Gasteiger partial charge in [0.1, 0.15) is 11.8 Å². The molecule has 1 unspecified atom stereocenters. The number of likely N-dealkylation sites (tertiary alicyclic amines) is 1. The lowest BCUT2D eigenvalue weighted by molar-refractivity contribution is -0.151. The first-order chi connectivity index (χ1) is 14.9. The van der Waals surface area contributed by atoms with Crippen LogP contribution in [0.3, 0.4) is 0 Å². The Morgan fingerprint density at radius 1 is 1.16 bits per heavy atom. The SMILES string of the molecule is CC(=O)N1CC2(CC[C@H]3CC[C@@H](C(=O)NC4CCOc5ccccc54)N3C(=O)[C@H]2N)C1. The van der Waals surface area contributed by atoms with Crippen LogP contribution in [0, 0.1) is 5.41 Å². The minimum Gasteiger partial charge on any atom is -0.493 e. The number of hydrogen-bond donors (Lipinski definition) is 2. The summed E-state index contributed by atoms with van der Waals surface area (Å²) in [6.45, 7) is 3.17. The molecular formula is C23H30N4O4. The molecule has 8 heteroatoms. The first-order valence-corrected chi connectivity index (χ1v) is 11.2. The smallest absolute Gasteiger partial charge is 0.243 e. The van der Waals surface area contributed by atoms with Crippen LogP contribution in [0.15, 0.2) is 24.3 Å². The Hall–Kier alpha value is -2.61. The number of amides is 3. The monoisotopic (exact) mass is 426 g/mol. The van der Waals surface area contributed by atoms with E-state index in [1.165, 1.54) is 0 Å². The van der Waals surface area contributed by atoms with Gasteiger partial charge in [-0.25, -0.2) is 0 Å². The first kappa shape index (κ1) is 20.3. The van der Waals surface area contributed by atoms with Crippen LogP contribution < -0.4 is 15.8 Å². The maximum atomic E-state index is 13.4. The summed E-state index contributed by atoms with van der Waals surface area (Å²) in [4.78, 5) is 41.9. The van der Waals surface area contributed by atoms with Gasteiger partial charge in [-0.1, -0.05) is 18.2 Å². The zero-order chi connectivity index (χ0) is 21.8. The molecule has 3 N–H and O–H groups in total. The number of nitrogens with zero attached hydrogens (tertiary/aromatic N) is 2. The van der Waals surface area contributed by atoms with Crippen molar-refractivity contribution in [1.82, 2.24) is 15.1 Å². The number of para-hydroxylation sites is 1. The Bertz CT molecular complexity index is 913. The van der Waals surface area contributed by atoms with E-state index < -0.39 is 12.1 Å². The highest BCUT2D eigenvalue weighted by molar-refractivity contribution is 5.92. The molecule has 3 amide bonds. The van der Waals surface area contributed by atoms with Crippen LogP contribution in [0.4, 0.5) is 0 Å². The van der Waals surface area contributed by atoms with Crippen LogP contribution in [0.1, 0.15) is 50.6 Å². The van der Waals surface area contributed by atoms with Crippen molar-refractivity contribution >= 4 is 17.7 Å². The van der Waals surface area contributed by atoms with Crippen molar-refractivity contribution in [2.75, 3.05) is 19.7 Å². The lowest BCUT2D eigenvalue weighted by Gasteiger charge is -2.52. The predicted molar refractivity (Wildman–Crippen MR) is 113 cm³/mol. The summed E-state index contributed by atoms with van der Waals surface area (Å²) in [6, 6.07) is 6.52. The minimum atomic E-state index is -0.676. The molecule has 1 aromatic carbocycles. The van der Waals surface area contributed by atoms with E-state index in [-0.39, 0.29) is 35.2 Å². The maximum absolute atomic E-state index is 13.4. The lowest BCUT2D eigenvalue weighted by Crippen LogP contribution is -2.68. The van der Waals surface area contributed by atoms with Gasteiger partial charge in [-0.05, 0) is 31.7 Å².